The van der Waals surface area contributed by atoms with E-state index < -0.39 is 10.8 Å². The molecular formula is C18H13BrIN3O4. The van der Waals surface area contributed by atoms with Gasteiger partial charge in [0.05, 0.1) is 19.6 Å². The molecule has 0 radical (unpaired) electrons. The summed E-state index contributed by atoms with van der Waals surface area (Å²) in [6, 6.07) is 10.9. The lowest BCUT2D eigenvalue weighted by Gasteiger charge is -2.10. The van der Waals surface area contributed by atoms with Gasteiger partial charge in [-0.2, -0.15) is 5.26 Å². The second-order valence-corrected chi connectivity index (χ2v) is 7.19. The Kier molecular flexibility index (Phi) is 7.32. The van der Waals surface area contributed by atoms with Crippen LogP contribution in [0.5, 0.6) is 5.75 Å². The molecule has 0 bridgehead atoms. The van der Waals surface area contributed by atoms with Gasteiger partial charge in [0.15, 0.2) is 0 Å². The molecule has 0 spiro atoms. The molecule has 138 valence electrons. The Morgan fingerprint density at radius 1 is 1.44 bits per heavy atom. The summed E-state index contributed by atoms with van der Waals surface area (Å²) in [5, 5.41) is 22.6. The van der Waals surface area contributed by atoms with Crippen LogP contribution in [0.15, 0.2) is 46.4 Å². The van der Waals surface area contributed by atoms with Crippen LogP contribution in [-0.4, -0.2) is 17.4 Å². The molecule has 7 nitrogen and oxygen atoms in total. The molecule has 0 saturated carbocycles. The maximum absolute atomic E-state index is 12.4. The fourth-order valence-electron chi connectivity index (χ4n) is 2.16. The van der Waals surface area contributed by atoms with Gasteiger partial charge in [-0.15, -0.1) is 0 Å². The van der Waals surface area contributed by atoms with Crippen molar-refractivity contribution in [2.45, 2.75) is 6.92 Å². The van der Waals surface area contributed by atoms with Gasteiger partial charge in [0.25, 0.3) is 11.6 Å². The number of nitrogens with zero attached hydrogens (tertiary/aromatic N) is 2. The van der Waals surface area contributed by atoms with E-state index in [9.17, 15) is 20.2 Å². The number of nitriles is 1. The molecule has 2 aromatic rings. The quantitative estimate of drug-likeness (QED) is 0.184. The number of nitrogens with one attached hydrogen (secondary N) is 1. The Labute approximate surface area is 177 Å². The number of benzene rings is 2. The monoisotopic (exact) mass is 541 g/mol. The van der Waals surface area contributed by atoms with Gasteiger partial charge in [0, 0.05) is 17.8 Å². The van der Waals surface area contributed by atoms with Gasteiger partial charge in [-0.3, -0.25) is 14.9 Å². The van der Waals surface area contributed by atoms with Crippen LogP contribution in [0.3, 0.4) is 0 Å². The van der Waals surface area contributed by atoms with Crippen molar-refractivity contribution >= 4 is 61.9 Å². The van der Waals surface area contributed by atoms with E-state index in [1.54, 1.807) is 12.1 Å². The van der Waals surface area contributed by atoms with Gasteiger partial charge in [0.2, 0.25) is 0 Å². The SMILES string of the molecule is CCOc1c(Br)cc(/C=C(\C#N)C(=O)Nc2cccc([N+](=O)[O-])c2)cc1I. The number of halogens is 2. The molecule has 9 heteroatoms. The van der Waals surface area contributed by atoms with Crippen molar-refractivity contribution in [2.24, 2.45) is 0 Å². The van der Waals surface area contributed by atoms with Gasteiger partial charge >= 0.3 is 0 Å². The first-order chi connectivity index (χ1) is 12.8. The van der Waals surface area contributed by atoms with Crippen LogP contribution in [0.4, 0.5) is 11.4 Å². The molecule has 0 saturated heterocycles. The minimum Gasteiger partial charge on any atom is -0.492 e. The third kappa shape index (κ3) is 5.51. The first-order valence-corrected chi connectivity index (χ1v) is 9.52. The summed E-state index contributed by atoms with van der Waals surface area (Å²) in [7, 11) is 0. The lowest BCUT2D eigenvalue weighted by atomic mass is 10.1. The number of nitro benzene ring substituents is 1. The van der Waals surface area contributed by atoms with E-state index >= 15 is 0 Å². The summed E-state index contributed by atoms with van der Waals surface area (Å²) in [5.74, 6) is 0.0350. The molecule has 0 atom stereocenters. The summed E-state index contributed by atoms with van der Waals surface area (Å²) in [6.45, 7) is 2.39. The molecular weight excluding hydrogens is 529 g/mol. The molecule has 2 rings (SSSR count). The molecule has 0 aliphatic heterocycles. The molecule has 0 heterocycles. The Balaban J connectivity index is 2.28. The number of amides is 1. The van der Waals surface area contributed by atoms with Crippen molar-refractivity contribution in [3.8, 4) is 11.8 Å². The number of carbonyl (C=O) groups excluding carboxylic acids is 1. The highest BCUT2D eigenvalue weighted by Gasteiger charge is 2.14. The number of carbonyl (C=O) groups is 1. The minimum absolute atomic E-state index is 0.131. The molecule has 0 fully saturated rings. The number of anilines is 1. The molecule has 2 aromatic carbocycles. The van der Waals surface area contributed by atoms with Crippen molar-refractivity contribution in [1.29, 1.82) is 5.26 Å². The number of hydrogen-bond donors (Lipinski definition) is 1. The van der Waals surface area contributed by atoms with Gasteiger partial charge in [0.1, 0.15) is 17.4 Å². The number of non-ortho nitro benzene ring substituents is 1. The first-order valence-electron chi connectivity index (χ1n) is 7.65. The number of ether oxygens (including phenoxy) is 1. The van der Waals surface area contributed by atoms with E-state index in [4.69, 9.17) is 4.74 Å². The normalized spacial score (nSPS) is 10.8. The Bertz CT molecular complexity index is 946. The number of nitro groups is 1. The third-order valence-electron chi connectivity index (χ3n) is 3.30. The molecule has 0 aliphatic carbocycles. The predicted molar refractivity (Wildman–Crippen MR) is 113 cm³/mol. The van der Waals surface area contributed by atoms with Crippen molar-refractivity contribution in [3.63, 3.8) is 0 Å². The summed E-state index contributed by atoms with van der Waals surface area (Å²) in [4.78, 5) is 22.6. The average Bonchev–Trinajstić information content (AvgIpc) is 2.62. The van der Waals surface area contributed by atoms with E-state index in [1.165, 1.54) is 30.3 Å². The fourth-order valence-corrected chi connectivity index (χ4v) is 3.92. The van der Waals surface area contributed by atoms with Crippen molar-refractivity contribution < 1.29 is 14.5 Å². The minimum atomic E-state index is -0.655. The van der Waals surface area contributed by atoms with Gasteiger partial charge in [-0.1, -0.05) is 6.07 Å². The van der Waals surface area contributed by atoms with Crippen molar-refractivity contribution in [2.75, 3.05) is 11.9 Å². The van der Waals surface area contributed by atoms with E-state index in [0.29, 0.717) is 22.4 Å². The first kappa shape index (κ1) is 20.9. The van der Waals surface area contributed by atoms with Gasteiger partial charge in [-0.05, 0) is 75.3 Å². The maximum atomic E-state index is 12.4. The van der Waals surface area contributed by atoms with Crippen molar-refractivity contribution in [3.05, 3.63) is 65.7 Å². The summed E-state index contributed by atoms with van der Waals surface area (Å²) >= 11 is 5.52. The molecule has 1 N–H and O–H groups in total. The fraction of sp³-hybridized carbons (Fsp3) is 0.111. The summed E-state index contributed by atoms with van der Waals surface area (Å²) < 4.78 is 7.07. The number of rotatable bonds is 6. The van der Waals surface area contributed by atoms with E-state index in [-0.39, 0.29) is 16.9 Å². The number of hydrogen-bond acceptors (Lipinski definition) is 5. The maximum Gasteiger partial charge on any atom is 0.271 e. The second-order valence-electron chi connectivity index (χ2n) is 5.18. The van der Waals surface area contributed by atoms with Crippen molar-refractivity contribution in [1.82, 2.24) is 0 Å². The lowest BCUT2D eigenvalue weighted by molar-refractivity contribution is -0.384. The van der Waals surface area contributed by atoms with E-state index in [1.807, 2.05) is 13.0 Å². The van der Waals surface area contributed by atoms with Gasteiger partial charge in [-0.25, -0.2) is 0 Å². The molecule has 27 heavy (non-hydrogen) atoms. The lowest BCUT2D eigenvalue weighted by Crippen LogP contribution is -2.13. The highest BCUT2D eigenvalue weighted by Crippen LogP contribution is 2.32. The smallest absolute Gasteiger partial charge is 0.271 e. The zero-order chi connectivity index (χ0) is 20.0. The largest absolute Gasteiger partial charge is 0.492 e. The van der Waals surface area contributed by atoms with E-state index in [0.717, 1.165) is 3.57 Å². The predicted octanol–water partition coefficient (Wildman–Crippen LogP) is 4.91. The Hall–Kier alpha value is -2.45. The Morgan fingerprint density at radius 2 is 2.19 bits per heavy atom. The third-order valence-corrected chi connectivity index (χ3v) is 4.69. The molecule has 0 aliphatic rings. The summed E-state index contributed by atoms with van der Waals surface area (Å²) in [5.41, 5.74) is 0.590. The highest BCUT2D eigenvalue weighted by atomic mass is 127. The van der Waals surface area contributed by atoms with Gasteiger partial charge < -0.3 is 10.1 Å². The van der Waals surface area contributed by atoms with Crippen LogP contribution in [-0.2, 0) is 4.79 Å². The van der Waals surface area contributed by atoms with Crippen LogP contribution in [0.2, 0.25) is 0 Å². The van der Waals surface area contributed by atoms with Crippen LogP contribution in [0.1, 0.15) is 12.5 Å². The average molecular weight is 542 g/mol. The second kappa shape index (κ2) is 9.48. The zero-order valence-electron chi connectivity index (χ0n) is 14.0. The van der Waals surface area contributed by atoms with Crippen LogP contribution in [0.25, 0.3) is 6.08 Å². The topological polar surface area (TPSA) is 105 Å². The zero-order valence-corrected chi connectivity index (χ0v) is 17.8. The van der Waals surface area contributed by atoms with Crippen LogP contribution < -0.4 is 10.1 Å². The molecule has 0 aromatic heterocycles. The highest BCUT2D eigenvalue weighted by molar-refractivity contribution is 14.1. The Morgan fingerprint density at radius 3 is 2.78 bits per heavy atom. The standard InChI is InChI=1S/C18H13BrIN3O4/c1-2-27-17-15(19)7-11(8-16(17)20)6-12(10-21)18(24)22-13-4-3-5-14(9-13)23(25)26/h3-9H,2H2,1H3,(H,22,24)/b12-6+. The van der Waals surface area contributed by atoms with Crippen LogP contribution in [0, 0.1) is 25.0 Å². The molecule has 1 amide bonds. The van der Waals surface area contributed by atoms with Crippen LogP contribution >= 0.6 is 38.5 Å². The molecule has 0 unspecified atom stereocenters. The summed E-state index contributed by atoms with van der Waals surface area (Å²) in [6.07, 6.45) is 1.44. The van der Waals surface area contributed by atoms with E-state index in [2.05, 4.69) is 43.8 Å².